The lowest BCUT2D eigenvalue weighted by molar-refractivity contribution is -0.119. The minimum Gasteiger partial charge on any atom is -0.483 e. The monoisotopic (exact) mass is 306 g/mol. The van der Waals surface area contributed by atoms with Gasteiger partial charge in [-0.15, -0.1) is 12.4 Å². The third-order valence-electron chi connectivity index (χ3n) is 2.26. The summed E-state index contributed by atoms with van der Waals surface area (Å²) in [7, 11) is 0. The van der Waals surface area contributed by atoms with E-state index in [1.165, 1.54) is 0 Å². The average molecular weight is 307 g/mol. The van der Waals surface area contributed by atoms with Gasteiger partial charge in [-0.05, 0) is 30.7 Å². The molecule has 0 aromatic heterocycles. The largest absolute Gasteiger partial charge is 0.483 e. The summed E-state index contributed by atoms with van der Waals surface area (Å²) in [6.07, 6.45) is 0. The first-order chi connectivity index (χ1) is 8.49. The first-order valence-corrected chi connectivity index (χ1v) is 6.27. The Bertz CT molecular complexity index is 412. The summed E-state index contributed by atoms with van der Waals surface area (Å²) < 4.78 is 5.34. The number of hydrogen-bond donors (Lipinski definition) is 2. The van der Waals surface area contributed by atoms with Gasteiger partial charge in [0.15, 0.2) is 6.61 Å². The summed E-state index contributed by atoms with van der Waals surface area (Å²) in [6, 6.07) is 5.30. The molecule has 108 valence electrons. The van der Waals surface area contributed by atoms with E-state index in [0.717, 1.165) is 12.1 Å². The molecule has 0 bridgehead atoms. The van der Waals surface area contributed by atoms with Crippen LogP contribution in [0, 0.1) is 5.92 Å². The maximum Gasteiger partial charge on any atom is 0.255 e. The van der Waals surface area contributed by atoms with Crippen LogP contribution in [0.3, 0.4) is 0 Å². The number of benzene rings is 1. The Balaban J connectivity index is 0.00000324. The highest BCUT2D eigenvalue weighted by atomic mass is 35.5. The molecular weight excluding hydrogens is 287 g/mol. The van der Waals surface area contributed by atoms with E-state index in [-0.39, 0.29) is 19.0 Å². The van der Waals surface area contributed by atoms with Crippen LogP contribution in [0.25, 0.3) is 0 Å². The molecule has 0 saturated heterocycles. The normalized spacial score (nSPS) is 10.1. The van der Waals surface area contributed by atoms with Gasteiger partial charge in [0, 0.05) is 17.1 Å². The van der Waals surface area contributed by atoms with Crippen LogP contribution in [-0.2, 0) is 11.3 Å². The Morgan fingerprint density at radius 2 is 2.16 bits per heavy atom. The van der Waals surface area contributed by atoms with Gasteiger partial charge in [-0.2, -0.15) is 0 Å². The van der Waals surface area contributed by atoms with Gasteiger partial charge in [-0.1, -0.05) is 25.4 Å². The maximum absolute atomic E-state index is 10.7. The van der Waals surface area contributed by atoms with Gasteiger partial charge < -0.3 is 15.8 Å². The second-order valence-corrected chi connectivity index (χ2v) is 4.97. The molecule has 0 aliphatic heterocycles. The van der Waals surface area contributed by atoms with E-state index in [9.17, 15) is 4.79 Å². The highest BCUT2D eigenvalue weighted by molar-refractivity contribution is 6.30. The summed E-state index contributed by atoms with van der Waals surface area (Å²) in [5.41, 5.74) is 5.98. The van der Waals surface area contributed by atoms with Crippen LogP contribution < -0.4 is 15.8 Å². The lowest BCUT2D eigenvalue weighted by Crippen LogP contribution is -2.22. The molecule has 0 unspecified atom stereocenters. The number of hydrogen-bond acceptors (Lipinski definition) is 3. The van der Waals surface area contributed by atoms with Gasteiger partial charge in [-0.25, -0.2) is 0 Å². The molecule has 0 atom stereocenters. The van der Waals surface area contributed by atoms with Crippen molar-refractivity contribution in [2.24, 2.45) is 11.7 Å². The molecule has 1 amide bonds. The van der Waals surface area contributed by atoms with Crippen LogP contribution in [-0.4, -0.2) is 19.1 Å². The number of halogens is 2. The molecule has 1 aromatic carbocycles. The number of rotatable bonds is 7. The molecule has 0 radical (unpaired) electrons. The fourth-order valence-corrected chi connectivity index (χ4v) is 1.67. The highest BCUT2D eigenvalue weighted by Crippen LogP contribution is 2.22. The minimum absolute atomic E-state index is 0. The van der Waals surface area contributed by atoms with Gasteiger partial charge in [0.05, 0.1) is 0 Å². The van der Waals surface area contributed by atoms with Crippen LogP contribution in [0.15, 0.2) is 18.2 Å². The van der Waals surface area contributed by atoms with Crippen LogP contribution in [0.1, 0.15) is 19.4 Å². The zero-order valence-corrected chi connectivity index (χ0v) is 12.7. The summed E-state index contributed by atoms with van der Waals surface area (Å²) in [4.78, 5) is 10.7. The standard InChI is InChI=1S/C13H19ClN2O2.ClH/c1-9(2)6-16-7-10-5-11(14)3-4-12(10)18-8-13(15)17;/h3-5,9,16H,6-8H2,1-2H3,(H2,15,17);1H. The van der Waals surface area contributed by atoms with Crippen molar-refractivity contribution in [2.45, 2.75) is 20.4 Å². The maximum atomic E-state index is 10.7. The fourth-order valence-electron chi connectivity index (χ4n) is 1.47. The SMILES string of the molecule is CC(C)CNCc1cc(Cl)ccc1OCC(N)=O.Cl. The second-order valence-electron chi connectivity index (χ2n) is 4.53. The van der Waals surface area contributed by atoms with Crippen molar-refractivity contribution in [2.75, 3.05) is 13.2 Å². The average Bonchev–Trinajstić information content (AvgIpc) is 2.27. The van der Waals surface area contributed by atoms with Crippen LogP contribution in [0.4, 0.5) is 0 Å². The summed E-state index contributed by atoms with van der Waals surface area (Å²) >= 11 is 5.95. The van der Waals surface area contributed by atoms with Crippen molar-refractivity contribution < 1.29 is 9.53 Å². The summed E-state index contributed by atoms with van der Waals surface area (Å²) in [6.45, 7) is 5.69. The zero-order valence-electron chi connectivity index (χ0n) is 11.1. The molecule has 6 heteroatoms. The third-order valence-corrected chi connectivity index (χ3v) is 2.50. The molecule has 0 saturated carbocycles. The number of nitrogens with one attached hydrogen (secondary N) is 1. The molecule has 1 rings (SSSR count). The Kier molecular flexibility index (Phi) is 8.56. The molecule has 0 heterocycles. The number of nitrogens with two attached hydrogens (primary N) is 1. The topological polar surface area (TPSA) is 64.3 Å². The third kappa shape index (κ3) is 7.25. The van der Waals surface area contributed by atoms with E-state index >= 15 is 0 Å². The van der Waals surface area contributed by atoms with Crippen molar-refractivity contribution in [3.63, 3.8) is 0 Å². The van der Waals surface area contributed by atoms with Gasteiger partial charge in [-0.3, -0.25) is 4.79 Å². The summed E-state index contributed by atoms with van der Waals surface area (Å²) in [5, 5.41) is 3.94. The molecule has 1 aromatic rings. The second kappa shape index (κ2) is 9.02. The lowest BCUT2D eigenvalue weighted by atomic mass is 10.2. The predicted octanol–water partition coefficient (Wildman–Crippen LogP) is 2.37. The first kappa shape index (κ1) is 18.0. The Morgan fingerprint density at radius 1 is 1.47 bits per heavy atom. The van der Waals surface area contributed by atoms with E-state index in [4.69, 9.17) is 22.1 Å². The number of carbonyl (C=O) groups excluding carboxylic acids is 1. The van der Waals surface area contributed by atoms with Crippen molar-refractivity contribution >= 4 is 29.9 Å². The molecule has 0 fully saturated rings. The number of primary amides is 1. The molecular formula is C13H20Cl2N2O2. The fraction of sp³-hybridized carbons (Fsp3) is 0.462. The van der Waals surface area contributed by atoms with Gasteiger partial charge in [0.25, 0.3) is 5.91 Å². The highest BCUT2D eigenvalue weighted by Gasteiger charge is 2.06. The van der Waals surface area contributed by atoms with Crippen LogP contribution in [0.5, 0.6) is 5.75 Å². The summed E-state index contributed by atoms with van der Waals surface area (Å²) in [5.74, 6) is 0.708. The zero-order chi connectivity index (χ0) is 13.5. The number of ether oxygens (including phenoxy) is 1. The Morgan fingerprint density at radius 3 is 2.74 bits per heavy atom. The molecule has 3 N–H and O–H groups in total. The van der Waals surface area contributed by atoms with Crippen molar-refractivity contribution in [3.8, 4) is 5.75 Å². The number of amides is 1. The lowest BCUT2D eigenvalue weighted by Gasteiger charge is -2.12. The molecule has 4 nitrogen and oxygen atoms in total. The van der Waals surface area contributed by atoms with Crippen molar-refractivity contribution in [1.82, 2.24) is 5.32 Å². The van der Waals surface area contributed by atoms with Crippen LogP contribution in [0.2, 0.25) is 5.02 Å². The predicted molar refractivity (Wildman–Crippen MR) is 79.9 cm³/mol. The molecule has 0 aliphatic rings. The van der Waals surface area contributed by atoms with Gasteiger partial charge in [0.1, 0.15) is 5.75 Å². The van der Waals surface area contributed by atoms with E-state index in [1.807, 2.05) is 6.07 Å². The van der Waals surface area contributed by atoms with E-state index < -0.39 is 5.91 Å². The first-order valence-electron chi connectivity index (χ1n) is 5.89. The minimum atomic E-state index is -0.494. The van der Waals surface area contributed by atoms with E-state index in [1.54, 1.807) is 12.1 Å². The molecule has 0 aliphatic carbocycles. The van der Waals surface area contributed by atoms with Crippen molar-refractivity contribution in [3.05, 3.63) is 28.8 Å². The Hall–Kier alpha value is -0.970. The molecule has 0 spiro atoms. The quantitative estimate of drug-likeness (QED) is 0.813. The van der Waals surface area contributed by atoms with E-state index in [0.29, 0.717) is 23.2 Å². The molecule has 19 heavy (non-hydrogen) atoms. The smallest absolute Gasteiger partial charge is 0.255 e. The van der Waals surface area contributed by atoms with Crippen molar-refractivity contribution in [1.29, 1.82) is 0 Å². The Labute approximate surface area is 125 Å². The van der Waals surface area contributed by atoms with Gasteiger partial charge >= 0.3 is 0 Å². The number of carbonyl (C=O) groups is 1. The van der Waals surface area contributed by atoms with Gasteiger partial charge in [0.2, 0.25) is 0 Å². The van der Waals surface area contributed by atoms with Crippen LogP contribution >= 0.6 is 24.0 Å². The van der Waals surface area contributed by atoms with E-state index in [2.05, 4.69) is 19.2 Å².